The maximum atomic E-state index is 5.23. The summed E-state index contributed by atoms with van der Waals surface area (Å²) in [7, 11) is 1.69. The van der Waals surface area contributed by atoms with Crippen molar-refractivity contribution in [3.63, 3.8) is 0 Å². The third kappa shape index (κ3) is 1.98. The lowest BCUT2D eigenvalue weighted by atomic mass is 10.3. The van der Waals surface area contributed by atoms with Gasteiger partial charge in [0.25, 0.3) is 0 Å². The molecule has 0 N–H and O–H groups in total. The lowest BCUT2D eigenvalue weighted by molar-refractivity contribution is 0.148. The second kappa shape index (κ2) is 4.12. The van der Waals surface area contributed by atoms with Crippen LogP contribution >= 0.6 is 0 Å². The number of hydroxylamine groups is 1. The fourth-order valence-corrected chi connectivity index (χ4v) is 1.19. The predicted octanol–water partition coefficient (Wildman–Crippen LogP) is 2.46. The molecule has 0 aliphatic rings. The molecule has 0 unspecified atom stereocenters. The molecule has 0 amide bonds. The van der Waals surface area contributed by atoms with Crippen LogP contribution in [0, 0.1) is 0 Å². The molecule has 0 spiro atoms. The van der Waals surface area contributed by atoms with Crippen LogP contribution in [0.5, 0.6) is 0 Å². The molecule has 0 heterocycles. The van der Waals surface area contributed by atoms with Crippen molar-refractivity contribution in [3.05, 3.63) is 30.3 Å². The van der Waals surface area contributed by atoms with Gasteiger partial charge in [0, 0.05) is 0 Å². The van der Waals surface area contributed by atoms with Crippen molar-refractivity contribution in [1.82, 2.24) is 0 Å². The summed E-state index contributed by atoms with van der Waals surface area (Å²) >= 11 is 0. The van der Waals surface area contributed by atoms with Gasteiger partial charge in [-0.3, -0.25) is 9.90 Å². The third-order valence-corrected chi connectivity index (χ3v) is 1.68. The maximum absolute atomic E-state index is 5.23. The first-order valence-electron chi connectivity index (χ1n) is 4.14. The summed E-state index contributed by atoms with van der Waals surface area (Å²) in [5.41, 5.74) is 1.09. The quantitative estimate of drug-likeness (QED) is 0.638. The van der Waals surface area contributed by atoms with E-state index in [0.29, 0.717) is 6.04 Å². The summed E-state index contributed by atoms with van der Waals surface area (Å²) in [6.45, 7) is 4.19. The fourth-order valence-electron chi connectivity index (χ4n) is 1.19. The number of hydrogen-bond donors (Lipinski definition) is 0. The van der Waals surface area contributed by atoms with Crippen molar-refractivity contribution >= 4 is 5.69 Å². The van der Waals surface area contributed by atoms with E-state index >= 15 is 0 Å². The van der Waals surface area contributed by atoms with Crippen LogP contribution in [0.25, 0.3) is 0 Å². The largest absolute Gasteiger partial charge is 0.277 e. The number of benzene rings is 1. The van der Waals surface area contributed by atoms with Gasteiger partial charge in [0.15, 0.2) is 0 Å². The van der Waals surface area contributed by atoms with Crippen molar-refractivity contribution in [2.24, 2.45) is 0 Å². The molecular weight excluding hydrogens is 150 g/mol. The topological polar surface area (TPSA) is 12.5 Å². The highest BCUT2D eigenvalue weighted by Gasteiger charge is 2.07. The van der Waals surface area contributed by atoms with Gasteiger partial charge < -0.3 is 0 Å². The minimum Gasteiger partial charge on any atom is -0.277 e. The maximum Gasteiger partial charge on any atom is 0.0639 e. The van der Waals surface area contributed by atoms with E-state index in [1.54, 1.807) is 7.11 Å². The Labute approximate surface area is 73.7 Å². The molecule has 1 rings (SSSR count). The Balaban J connectivity index is 2.80. The van der Waals surface area contributed by atoms with Gasteiger partial charge >= 0.3 is 0 Å². The lowest BCUT2D eigenvalue weighted by Crippen LogP contribution is -2.29. The number of para-hydroxylation sites is 1. The van der Waals surface area contributed by atoms with Crippen molar-refractivity contribution < 1.29 is 4.84 Å². The number of anilines is 1. The predicted molar refractivity (Wildman–Crippen MR) is 51.1 cm³/mol. The van der Waals surface area contributed by atoms with Gasteiger partial charge in [-0.1, -0.05) is 18.2 Å². The van der Waals surface area contributed by atoms with Gasteiger partial charge in [-0.05, 0) is 26.0 Å². The van der Waals surface area contributed by atoms with Crippen LogP contribution in [0.15, 0.2) is 30.3 Å². The van der Waals surface area contributed by atoms with Gasteiger partial charge in [0.1, 0.15) is 0 Å². The second-order valence-electron chi connectivity index (χ2n) is 2.94. The number of hydrogen-bond acceptors (Lipinski definition) is 2. The van der Waals surface area contributed by atoms with Crippen molar-refractivity contribution in [2.75, 3.05) is 12.2 Å². The van der Waals surface area contributed by atoms with Crippen LogP contribution in [0.1, 0.15) is 13.8 Å². The Hall–Kier alpha value is -1.02. The lowest BCUT2D eigenvalue weighted by Gasteiger charge is -2.25. The molecule has 2 nitrogen and oxygen atoms in total. The SMILES string of the molecule is CON(c1ccccc1)C(C)C. The molecule has 0 aromatic heterocycles. The first-order valence-corrected chi connectivity index (χ1v) is 4.14. The Bertz CT molecular complexity index is 221. The monoisotopic (exact) mass is 165 g/mol. The van der Waals surface area contributed by atoms with E-state index < -0.39 is 0 Å². The van der Waals surface area contributed by atoms with E-state index in [4.69, 9.17) is 4.84 Å². The molecule has 1 aromatic rings. The zero-order valence-corrected chi connectivity index (χ0v) is 7.82. The Morgan fingerprint density at radius 1 is 1.17 bits per heavy atom. The van der Waals surface area contributed by atoms with E-state index in [1.165, 1.54) is 0 Å². The van der Waals surface area contributed by atoms with E-state index in [2.05, 4.69) is 13.8 Å². The van der Waals surface area contributed by atoms with Crippen molar-refractivity contribution in [3.8, 4) is 0 Å². The van der Waals surface area contributed by atoms with Crippen LogP contribution in [-0.2, 0) is 4.84 Å². The average Bonchev–Trinajstić information content (AvgIpc) is 2.07. The van der Waals surface area contributed by atoms with Crippen molar-refractivity contribution in [2.45, 2.75) is 19.9 Å². The van der Waals surface area contributed by atoms with Crippen LogP contribution in [0.4, 0.5) is 5.69 Å². The van der Waals surface area contributed by atoms with E-state index in [1.807, 2.05) is 35.4 Å². The summed E-state index contributed by atoms with van der Waals surface area (Å²) in [6, 6.07) is 10.4. The van der Waals surface area contributed by atoms with E-state index in [-0.39, 0.29) is 0 Å². The minimum absolute atomic E-state index is 0.359. The summed E-state index contributed by atoms with van der Waals surface area (Å²) in [6.07, 6.45) is 0. The molecule has 0 bridgehead atoms. The van der Waals surface area contributed by atoms with E-state index in [9.17, 15) is 0 Å². The summed E-state index contributed by atoms with van der Waals surface area (Å²) in [4.78, 5) is 5.23. The van der Waals surface area contributed by atoms with Crippen LogP contribution < -0.4 is 5.06 Å². The molecule has 0 saturated carbocycles. The molecule has 12 heavy (non-hydrogen) atoms. The molecule has 2 heteroatoms. The molecule has 1 aromatic carbocycles. The Morgan fingerprint density at radius 3 is 2.17 bits per heavy atom. The fraction of sp³-hybridized carbons (Fsp3) is 0.400. The minimum atomic E-state index is 0.359. The Kier molecular flexibility index (Phi) is 3.11. The van der Waals surface area contributed by atoms with Gasteiger partial charge in [-0.2, -0.15) is 0 Å². The molecule has 0 radical (unpaired) electrons. The van der Waals surface area contributed by atoms with Gasteiger partial charge in [0.05, 0.1) is 18.8 Å². The highest BCUT2D eigenvalue weighted by molar-refractivity contribution is 5.43. The first kappa shape index (κ1) is 9.07. The molecule has 66 valence electrons. The van der Waals surface area contributed by atoms with Gasteiger partial charge in [-0.25, -0.2) is 0 Å². The first-order chi connectivity index (χ1) is 5.75. The normalized spacial score (nSPS) is 10.3. The molecule has 0 aliphatic heterocycles. The summed E-state index contributed by atoms with van der Waals surface area (Å²) in [5.74, 6) is 0. The molecule has 0 saturated heterocycles. The van der Waals surface area contributed by atoms with Crippen LogP contribution in [0.2, 0.25) is 0 Å². The Morgan fingerprint density at radius 2 is 1.75 bits per heavy atom. The third-order valence-electron chi connectivity index (χ3n) is 1.68. The summed E-state index contributed by atoms with van der Waals surface area (Å²) in [5, 5.41) is 1.88. The van der Waals surface area contributed by atoms with Crippen LogP contribution in [-0.4, -0.2) is 13.2 Å². The second-order valence-corrected chi connectivity index (χ2v) is 2.94. The highest BCUT2D eigenvalue weighted by Crippen LogP contribution is 2.15. The zero-order valence-electron chi connectivity index (χ0n) is 7.82. The van der Waals surface area contributed by atoms with Gasteiger partial charge in [-0.15, -0.1) is 0 Å². The molecule has 0 atom stereocenters. The van der Waals surface area contributed by atoms with Gasteiger partial charge in [0.2, 0.25) is 0 Å². The number of rotatable bonds is 3. The average molecular weight is 165 g/mol. The molecular formula is C10H15NO. The number of nitrogens with zero attached hydrogens (tertiary/aromatic N) is 1. The molecule has 0 fully saturated rings. The molecule has 0 aliphatic carbocycles. The zero-order chi connectivity index (χ0) is 8.97. The highest BCUT2D eigenvalue weighted by atomic mass is 16.7. The summed E-state index contributed by atoms with van der Waals surface area (Å²) < 4.78 is 0. The standard InChI is InChI=1S/C10H15NO/c1-9(2)11(12-3)10-7-5-4-6-8-10/h4-9H,1-3H3. The smallest absolute Gasteiger partial charge is 0.0639 e. The van der Waals surface area contributed by atoms with E-state index in [0.717, 1.165) is 5.69 Å². The van der Waals surface area contributed by atoms with Crippen molar-refractivity contribution in [1.29, 1.82) is 0 Å². The van der Waals surface area contributed by atoms with Crippen LogP contribution in [0.3, 0.4) is 0 Å².